The molecule has 7 heteroatoms. The average Bonchev–Trinajstić information content (AvgIpc) is 2.90. The van der Waals surface area contributed by atoms with Gasteiger partial charge in [0.05, 0.1) is 21.9 Å². The lowest BCUT2D eigenvalue weighted by atomic mass is 10.3. The number of hydrogen-bond acceptors (Lipinski definition) is 5. The molecule has 3 aromatic heterocycles. The highest BCUT2D eigenvalue weighted by Crippen LogP contribution is 2.28. The molecule has 0 aliphatic rings. The maximum absolute atomic E-state index is 10.6. The summed E-state index contributed by atoms with van der Waals surface area (Å²) in [6, 6.07) is 1.96. The van der Waals surface area contributed by atoms with Crippen LogP contribution >= 0.6 is 11.3 Å². The fourth-order valence-electron chi connectivity index (χ4n) is 1.90. The first kappa shape index (κ1) is 11.0. The van der Waals surface area contributed by atoms with E-state index >= 15 is 0 Å². The molecule has 0 unspecified atom stereocenters. The molecule has 0 saturated carbocycles. The van der Waals surface area contributed by atoms with E-state index < -0.39 is 6.09 Å². The summed E-state index contributed by atoms with van der Waals surface area (Å²) < 4.78 is 7.75. The van der Waals surface area contributed by atoms with Gasteiger partial charge < -0.3 is 15.0 Å². The third-order valence-corrected chi connectivity index (χ3v) is 3.65. The molecule has 3 aromatic rings. The molecule has 0 spiro atoms. The molecule has 18 heavy (non-hydrogen) atoms. The molecule has 0 fully saturated rings. The van der Waals surface area contributed by atoms with E-state index in [4.69, 9.17) is 10.5 Å². The van der Waals surface area contributed by atoms with Crippen molar-refractivity contribution in [3.05, 3.63) is 23.5 Å². The van der Waals surface area contributed by atoms with Crippen LogP contribution in [-0.2, 0) is 18.4 Å². The first-order valence-corrected chi connectivity index (χ1v) is 6.14. The Kier molecular flexibility index (Phi) is 2.41. The number of nitrogens with two attached hydrogens (primary N) is 1. The molecular weight excluding hydrogens is 252 g/mol. The van der Waals surface area contributed by atoms with Crippen molar-refractivity contribution in [3.63, 3.8) is 0 Å². The van der Waals surface area contributed by atoms with E-state index in [1.165, 1.54) is 0 Å². The number of carbonyl (C=O) groups is 1. The van der Waals surface area contributed by atoms with Gasteiger partial charge in [-0.05, 0) is 11.4 Å². The quantitative estimate of drug-likeness (QED) is 0.763. The third kappa shape index (κ3) is 1.60. The number of amides is 1. The molecule has 0 aromatic carbocycles. The summed E-state index contributed by atoms with van der Waals surface area (Å²) >= 11 is 1.61. The highest BCUT2D eigenvalue weighted by molar-refractivity contribution is 7.18. The molecule has 0 aliphatic carbocycles. The SMILES string of the molecule is Cn1c(COC(N)=O)nc2cnc3ccsc3c21. The van der Waals surface area contributed by atoms with Crippen molar-refractivity contribution in [2.45, 2.75) is 6.61 Å². The van der Waals surface area contributed by atoms with Crippen LogP contribution in [0, 0.1) is 0 Å². The Morgan fingerprint density at radius 3 is 3.17 bits per heavy atom. The Morgan fingerprint density at radius 2 is 2.39 bits per heavy atom. The fourth-order valence-corrected chi connectivity index (χ4v) is 2.83. The number of hydrogen-bond donors (Lipinski definition) is 1. The minimum Gasteiger partial charge on any atom is -0.442 e. The van der Waals surface area contributed by atoms with Crippen LogP contribution in [0.2, 0.25) is 0 Å². The monoisotopic (exact) mass is 262 g/mol. The van der Waals surface area contributed by atoms with Crippen molar-refractivity contribution in [2.24, 2.45) is 12.8 Å². The predicted octanol–water partition coefficient (Wildman–Crippen LogP) is 1.78. The van der Waals surface area contributed by atoms with Gasteiger partial charge in [0.15, 0.2) is 6.61 Å². The van der Waals surface area contributed by atoms with Gasteiger partial charge in [-0.2, -0.15) is 0 Å². The first-order valence-electron chi connectivity index (χ1n) is 5.26. The highest BCUT2D eigenvalue weighted by Gasteiger charge is 2.13. The van der Waals surface area contributed by atoms with Crippen molar-refractivity contribution in [1.29, 1.82) is 0 Å². The summed E-state index contributed by atoms with van der Waals surface area (Å²) in [6.07, 6.45) is 0.916. The van der Waals surface area contributed by atoms with Crippen LogP contribution in [0.25, 0.3) is 21.3 Å². The van der Waals surface area contributed by atoms with Gasteiger partial charge in [0.1, 0.15) is 11.3 Å². The normalized spacial score (nSPS) is 11.2. The van der Waals surface area contributed by atoms with Crippen LogP contribution < -0.4 is 5.73 Å². The number of primary amides is 1. The summed E-state index contributed by atoms with van der Waals surface area (Å²) in [6.45, 7) is 0.0629. The summed E-state index contributed by atoms with van der Waals surface area (Å²) in [5.41, 5.74) is 7.68. The van der Waals surface area contributed by atoms with Gasteiger partial charge in [-0.15, -0.1) is 11.3 Å². The van der Waals surface area contributed by atoms with E-state index in [1.807, 2.05) is 23.1 Å². The minimum atomic E-state index is -0.804. The summed E-state index contributed by atoms with van der Waals surface area (Å²) in [7, 11) is 1.88. The van der Waals surface area contributed by atoms with Crippen LogP contribution in [0.4, 0.5) is 4.79 Å². The number of nitrogens with zero attached hydrogens (tertiary/aromatic N) is 3. The maximum Gasteiger partial charge on any atom is 0.404 e. The lowest BCUT2D eigenvalue weighted by molar-refractivity contribution is 0.146. The second-order valence-corrected chi connectivity index (χ2v) is 4.74. The van der Waals surface area contributed by atoms with Crippen molar-refractivity contribution in [3.8, 4) is 0 Å². The van der Waals surface area contributed by atoms with E-state index in [0.29, 0.717) is 5.82 Å². The minimum absolute atomic E-state index is 0.0629. The second kappa shape index (κ2) is 3.95. The Balaban J connectivity index is 2.17. The predicted molar refractivity (Wildman–Crippen MR) is 68.3 cm³/mol. The molecule has 0 atom stereocenters. The highest BCUT2D eigenvalue weighted by atomic mass is 32.1. The zero-order valence-electron chi connectivity index (χ0n) is 9.58. The molecule has 3 heterocycles. The number of fused-ring (bicyclic) bond motifs is 3. The molecule has 0 radical (unpaired) electrons. The third-order valence-electron chi connectivity index (χ3n) is 2.74. The van der Waals surface area contributed by atoms with Crippen molar-refractivity contribution < 1.29 is 9.53 Å². The van der Waals surface area contributed by atoms with E-state index in [2.05, 4.69) is 9.97 Å². The molecule has 92 valence electrons. The van der Waals surface area contributed by atoms with Crippen LogP contribution in [0.15, 0.2) is 17.6 Å². The van der Waals surface area contributed by atoms with Gasteiger partial charge >= 0.3 is 6.09 Å². The number of aromatic nitrogens is 3. The molecule has 6 nitrogen and oxygen atoms in total. The van der Waals surface area contributed by atoms with E-state index in [0.717, 1.165) is 21.3 Å². The molecular formula is C11H10N4O2S. The Hall–Kier alpha value is -2.15. The smallest absolute Gasteiger partial charge is 0.404 e. The van der Waals surface area contributed by atoms with Gasteiger partial charge in [-0.25, -0.2) is 9.78 Å². The Morgan fingerprint density at radius 1 is 1.56 bits per heavy atom. The number of aryl methyl sites for hydroxylation is 1. The maximum atomic E-state index is 10.6. The summed E-state index contributed by atoms with van der Waals surface area (Å²) in [4.78, 5) is 19.3. The number of rotatable bonds is 2. The van der Waals surface area contributed by atoms with Gasteiger partial charge in [0.2, 0.25) is 0 Å². The lowest BCUT2D eigenvalue weighted by Crippen LogP contribution is -2.14. The molecule has 2 N–H and O–H groups in total. The number of imidazole rings is 1. The lowest BCUT2D eigenvalue weighted by Gasteiger charge is -2.02. The van der Waals surface area contributed by atoms with Crippen molar-refractivity contribution in [2.75, 3.05) is 0 Å². The first-order chi connectivity index (χ1) is 8.66. The Labute approximate surface area is 106 Å². The largest absolute Gasteiger partial charge is 0.442 e. The topological polar surface area (TPSA) is 83.0 Å². The average molecular weight is 262 g/mol. The number of pyridine rings is 1. The molecule has 0 bridgehead atoms. The second-order valence-electron chi connectivity index (χ2n) is 3.82. The standard InChI is InChI=1S/C11H10N4O2S/c1-15-8(5-17-11(12)16)14-7-4-13-6-2-3-18-10(6)9(7)15/h2-4H,5H2,1H3,(H2,12,16). The number of thiophene rings is 1. The van der Waals surface area contributed by atoms with Crippen molar-refractivity contribution in [1.82, 2.24) is 14.5 Å². The molecule has 0 saturated heterocycles. The number of carbonyl (C=O) groups excluding carboxylic acids is 1. The molecule has 1 amide bonds. The van der Waals surface area contributed by atoms with Gasteiger partial charge in [-0.3, -0.25) is 4.98 Å². The molecule has 0 aliphatic heterocycles. The van der Waals surface area contributed by atoms with E-state index in [9.17, 15) is 4.79 Å². The zero-order chi connectivity index (χ0) is 12.7. The fraction of sp³-hybridized carbons (Fsp3) is 0.182. The Bertz CT molecular complexity index is 746. The van der Waals surface area contributed by atoms with E-state index in [-0.39, 0.29) is 6.61 Å². The summed E-state index contributed by atoms with van der Waals surface area (Å²) in [5, 5.41) is 1.99. The van der Waals surface area contributed by atoms with Crippen LogP contribution in [0.1, 0.15) is 5.82 Å². The van der Waals surface area contributed by atoms with Gasteiger partial charge in [0, 0.05) is 7.05 Å². The van der Waals surface area contributed by atoms with Crippen LogP contribution in [0.3, 0.4) is 0 Å². The number of ether oxygens (including phenoxy) is 1. The van der Waals surface area contributed by atoms with Gasteiger partial charge in [0.25, 0.3) is 0 Å². The van der Waals surface area contributed by atoms with E-state index in [1.54, 1.807) is 17.5 Å². The van der Waals surface area contributed by atoms with Crippen LogP contribution in [0.5, 0.6) is 0 Å². The molecule has 3 rings (SSSR count). The zero-order valence-corrected chi connectivity index (χ0v) is 10.4. The van der Waals surface area contributed by atoms with Crippen molar-refractivity contribution >= 4 is 38.7 Å². The van der Waals surface area contributed by atoms with Gasteiger partial charge in [-0.1, -0.05) is 0 Å². The van der Waals surface area contributed by atoms with Crippen LogP contribution in [-0.4, -0.2) is 20.6 Å². The summed E-state index contributed by atoms with van der Waals surface area (Å²) in [5.74, 6) is 0.645.